The number of carboxylic acid groups (broad SMARTS) is 1. The molecule has 146 valence electrons. The van der Waals surface area contributed by atoms with Crippen LogP contribution in [0.1, 0.15) is 16.8 Å². The molecule has 1 aromatic carbocycles. The Hall–Kier alpha value is -3.13. The number of carboxylic acids is 1. The van der Waals surface area contributed by atoms with Gasteiger partial charge in [-0.05, 0) is 30.2 Å². The number of nitrogens with zero attached hydrogens (tertiary/aromatic N) is 4. The van der Waals surface area contributed by atoms with Crippen LogP contribution in [0, 0.1) is 0 Å². The van der Waals surface area contributed by atoms with Gasteiger partial charge in [-0.1, -0.05) is 6.07 Å². The maximum absolute atomic E-state index is 10.8. The fraction of sp³-hybridized carbons (Fsp3) is 0.238. The number of rotatable bonds is 5. The number of benzene rings is 1. The summed E-state index contributed by atoms with van der Waals surface area (Å²) in [5.74, 6) is 2.96. The van der Waals surface area contributed by atoms with E-state index in [1.807, 2.05) is 42.1 Å². The van der Waals surface area contributed by atoms with E-state index in [-0.39, 0.29) is 6.61 Å². The Bertz CT molecular complexity index is 1090. The highest BCUT2D eigenvalue weighted by atomic mass is 32.2. The second kappa shape index (κ2) is 7.36. The molecule has 2 aliphatic heterocycles. The Balaban J connectivity index is 1.57. The van der Waals surface area contributed by atoms with Crippen LogP contribution in [0.4, 0.5) is 11.5 Å². The largest absolute Gasteiger partial charge is 0.482 e. The first-order chi connectivity index (χ1) is 14.2. The molecule has 5 rings (SSSR count). The molecule has 8 heteroatoms. The smallest absolute Gasteiger partial charge is 0.341 e. The lowest BCUT2D eigenvalue weighted by atomic mass is 10.1. The van der Waals surface area contributed by atoms with Crippen molar-refractivity contribution >= 4 is 29.2 Å². The Kier molecular flexibility index (Phi) is 4.55. The summed E-state index contributed by atoms with van der Waals surface area (Å²) in [4.78, 5) is 26.9. The molecule has 7 nitrogen and oxygen atoms in total. The van der Waals surface area contributed by atoms with E-state index in [9.17, 15) is 4.79 Å². The highest BCUT2D eigenvalue weighted by Crippen LogP contribution is 2.42. The number of fused-ring (bicyclic) bond motifs is 2. The molecular formula is C21H18N4O3S. The number of aliphatic carboxylic acids is 1. The van der Waals surface area contributed by atoms with Gasteiger partial charge in [0.05, 0.1) is 5.69 Å². The van der Waals surface area contributed by atoms with Crippen LogP contribution in [0.15, 0.2) is 42.7 Å². The van der Waals surface area contributed by atoms with Crippen LogP contribution in [0.3, 0.4) is 0 Å². The van der Waals surface area contributed by atoms with Gasteiger partial charge in [0.25, 0.3) is 0 Å². The molecule has 1 N–H and O–H groups in total. The third kappa shape index (κ3) is 3.40. The molecule has 0 aliphatic carbocycles. The summed E-state index contributed by atoms with van der Waals surface area (Å²) < 4.78 is 5.39. The van der Waals surface area contributed by atoms with Crippen LogP contribution in [0.5, 0.6) is 5.75 Å². The number of pyridine rings is 1. The molecular weight excluding hydrogens is 388 g/mol. The lowest BCUT2D eigenvalue weighted by Crippen LogP contribution is -2.18. The van der Waals surface area contributed by atoms with E-state index in [4.69, 9.17) is 19.8 Å². The van der Waals surface area contributed by atoms with Crippen LogP contribution in [-0.4, -0.2) is 39.2 Å². The van der Waals surface area contributed by atoms with Gasteiger partial charge in [0.2, 0.25) is 0 Å². The van der Waals surface area contributed by atoms with Gasteiger partial charge in [0.1, 0.15) is 11.6 Å². The molecule has 0 radical (unpaired) electrons. The maximum atomic E-state index is 10.8. The fourth-order valence-corrected chi connectivity index (χ4v) is 4.74. The van der Waals surface area contributed by atoms with Crippen LogP contribution in [-0.2, 0) is 22.7 Å². The normalized spacial score (nSPS) is 14.6. The zero-order chi connectivity index (χ0) is 19.8. The fourth-order valence-electron chi connectivity index (χ4n) is 3.70. The van der Waals surface area contributed by atoms with Crippen molar-refractivity contribution in [1.29, 1.82) is 0 Å². The monoisotopic (exact) mass is 406 g/mol. The van der Waals surface area contributed by atoms with Gasteiger partial charge in [-0.3, -0.25) is 4.98 Å². The molecule has 0 amide bonds. The number of aromatic nitrogens is 3. The van der Waals surface area contributed by atoms with E-state index in [0.717, 1.165) is 47.2 Å². The zero-order valence-electron chi connectivity index (χ0n) is 15.5. The predicted molar refractivity (Wildman–Crippen MR) is 111 cm³/mol. The van der Waals surface area contributed by atoms with Crippen molar-refractivity contribution < 1.29 is 14.6 Å². The molecule has 4 heterocycles. The number of ether oxygens (including phenoxy) is 1. The summed E-state index contributed by atoms with van der Waals surface area (Å²) in [6, 6.07) is 9.58. The van der Waals surface area contributed by atoms with Gasteiger partial charge >= 0.3 is 5.97 Å². The highest BCUT2D eigenvalue weighted by Gasteiger charge is 2.29. The van der Waals surface area contributed by atoms with E-state index >= 15 is 0 Å². The van der Waals surface area contributed by atoms with Crippen molar-refractivity contribution in [1.82, 2.24) is 15.0 Å². The predicted octanol–water partition coefficient (Wildman–Crippen LogP) is 3.44. The third-order valence-electron chi connectivity index (χ3n) is 5.06. The Labute approximate surface area is 171 Å². The third-order valence-corrected chi connectivity index (χ3v) is 6.04. The SMILES string of the molecule is O=C(O)COc1ccc2c(c1)N(c1nc(-c3ccncc3)nc3c1CSC3)CC2. The van der Waals surface area contributed by atoms with Crippen LogP contribution in [0.25, 0.3) is 11.4 Å². The molecule has 2 aliphatic rings. The molecule has 29 heavy (non-hydrogen) atoms. The lowest BCUT2D eigenvalue weighted by Gasteiger charge is -2.22. The summed E-state index contributed by atoms with van der Waals surface area (Å²) in [6.45, 7) is 0.464. The minimum atomic E-state index is -0.991. The first-order valence-corrected chi connectivity index (χ1v) is 10.5. The van der Waals surface area contributed by atoms with Crippen LogP contribution >= 0.6 is 11.8 Å². The Morgan fingerprint density at radius 3 is 2.86 bits per heavy atom. The Morgan fingerprint density at radius 2 is 2.03 bits per heavy atom. The molecule has 2 aromatic heterocycles. The average Bonchev–Trinajstić information content (AvgIpc) is 3.38. The maximum Gasteiger partial charge on any atom is 0.341 e. The number of anilines is 2. The van der Waals surface area contributed by atoms with Crippen molar-refractivity contribution in [2.24, 2.45) is 0 Å². The van der Waals surface area contributed by atoms with Gasteiger partial charge < -0.3 is 14.7 Å². The van der Waals surface area contributed by atoms with E-state index in [0.29, 0.717) is 11.6 Å². The molecule has 0 saturated heterocycles. The van der Waals surface area contributed by atoms with Gasteiger partial charge in [0, 0.05) is 53.3 Å². The zero-order valence-corrected chi connectivity index (χ0v) is 16.4. The molecule has 0 spiro atoms. The summed E-state index contributed by atoms with van der Waals surface area (Å²) >= 11 is 1.84. The van der Waals surface area contributed by atoms with E-state index < -0.39 is 5.97 Å². The van der Waals surface area contributed by atoms with Crippen molar-refractivity contribution in [2.45, 2.75) is 17.9 Å². The molecule has 0 bridgehead atoms. The number of hydrogen-bond donors (Lipinski definition) is 1. The summed E-state index contributed by atoms with van der Waals surface area (Å²) in [5, 5.41) is 8.88. The van der Waals surface area contributed by atoms with Crippen LogP contribution in [0.2, 0.25) is 0 Å². The molecule has 0 atom stereocenters. The van der Waals surface area contributed by atoms with Crippen LogP contribution < -0.4 is 9.64 Å². The van der Waals surface area contributed by atoms with Gasteiger partial charge in [-0.25, -0.2) is 14.8 Å². The standard InChI is InChI=1S/C21H18N4O3S/c26-19(27)10-28-15-2-1-13-5-8-25(18(13)9-15)21-16-11-29-12-17(16)23-20(24-21)14-3-6-22-7-4-14/h1-4,6-7,9H,5,8,10-12H2,(H,26,27). The van der Waals surface area contributed by atoms with E-state index in [1.54, 1.807) is 12.4 Å². The highest BCUT2D eigenvalue weighted by molar-refractivity contribution is 7.98. The average molecular weight is 406 g/mol. The topological polar surface area (TPSA) is 88.4 Å². The second-order valence-electron chi connectivity index (χ2n) is 6.90. The number of thioether (sulfide) groups is 1. The quantitative estimate of drug-likeness (QED) is 0.689. The Morgan fingerprint density at radius 1 is 1.17 bits per heavy atom. The van der Waals surface area contributed by atoms with Crippen molar-refractivity contribution in [2.75, 3.05) is 18.1 Å². The summed E-state index contributed by atoms with van der Waals surface area (Å²) in [6.07, 6.45) is 4.40. The molecule has 0 saturated carbocycles. The van der Waals surface area contributed by atoms with Gasteiger partial charge in [-0.15, -0.1) is 0 Å². The second-order valence-corrected chi connectivity index (χ2v) is 7.88. The van der Waals surface area contributed by atoms with E-state index in [1.165, 1.54) is 11.1 Å². The summed E-state index contributed by atoms with van der Waals surface area (Å²) in [7, 11) is 0. The molecule has 0 unspecified atom stereocenters. The minimum absolute atomic E-state index is 0.357. The van der Waals surface area contributed by atoms with Crippen molar-refractivity contribution in [3.63, 3.8) is 0 Å². The number of carbonyl (C=O) groups is 1. The molecule has 3 aromatic rings. The van der Waals surface area contributed by atoms with Crippen molar-refractivity contribution in [3.05, 3.63) is 59.5 Å². The minimum Gasteiger partial charge on any atom is -0.482 e. The van der Waals surface area contributed by atoms with Gasteiger partial charge in [-0.2, -0.15) is 11.8 Å². The van der Waals surface area contributed by atoms with Crippen molar-refractivity contribution in [3.8, 4) is 17.1 Å². The first-order valence-electron chi connectivity index (χ1n) is 9.32. The lowest BCUT2D eigenvalue weighted by molar-refractivity contribution is -0.139. The number of hydrogen-bond acceptors (Lipinski definition) is 7. The first kappa shape index (κ1) is 17.9. The van der Waals surface area contributed by atoms with E-state index in [2.05, 4.69) is 9.88 Å². The van der Waals surface area contributed by atoms with Gasteiger partial charge in [0.15, 0.2) is 12.4 Å². The summed E-state index contributed by atoms with van der Waals surface area (Å²) in [5.41, 5.74) is 5.43. The molecule has 0 fully saturated rings.